The molecule has 0 aliphatic rings. The predicted octanol–water partition coefficient (Wildman–Crippen LogP) is 2.23. The molecule has 1 atom stereocenters. The van der Waals surface area contributed by atoms with Crippen LogP contribution in [0.3, 0.4) is 0 Å². The van der Waals surface area contributed by atoms with Crippen molar-refractivity contribution < 1.29 is 4.84 Å². The first-order valence-electron chi connectivity index (χ1n) is 4.97. The van der Waals surface area contributed by atoms with Crippen LogP contribution in [0.5, 0.6) is 0 Å². The topological polar surface area (TPSA) is 48.1 Å². The summed E-state index contributed by atoms with van der Waals surface area (Å²) in [5.74, 6) is 5.36. The molecule has 0 aliphatic carbocycles. The Bertz CT molecular complexity index is 456. The second-order valence-corrected chi connectivity index (χ2v) is 3.69. The Balaban J connectivity index is 2.38. The van der Waals surface area contributed by atoms with Gasteiger partial charge in [-0.1, -0.05) is 25.1 Å². The van der Waals surface area contributed by atoms with Gasteiger partial charge in [0.1, 0.15) is 0 Å². The summed E-state index contributed by atoms with van der Waals surface area (Å²) in [4.78, 5) is 8.96. The number of nitrogens with two attached hydrogens (primary N) is 1. The van der Waals surface area contributed by atoms with E-state index in [1.807, 2.05) is 6.07 Å². The summed E-state index contributed by atoms with van der Waals surface area (Å²) in [6.07, 6.45) is 1.80. The standard InChI is InChI=1S/C12H14N2O/c1-9(8-15-13)11-5-4-10-3-2-6-14-12(10)7-11/h2-7,9H,8,13H2,1H3. The fourth-order valence-corrected chi connectivity index (χ4v) is 1.63. The summed E-state index contributed by atoms with van der Waals surface area (Å²) < 4.78 is 0. The third-order valence-corrected chi connectivity index (χ3v) is 2.55. The number of aromatic nitrogens is 1. The normalized spacial score (nSPS) is 12.9. The molecule has 0 saturated carbocycles. The Morgan fingerprint density at radius 3 is 3.07 bits per heavy atom. The number of benzene rings is 1. The Kier molecular flexibility index (Phi) is 2.94. The Labute approximate surface area is 88.8 Å². The molecule has 78 valence electrons. The molecule has 0 fully saturated rings. The van der Waals surface area contributed by atoms with Crippen LogP contribution in [0.15, 0.2) is 36.5 Å². The van der Waals surface area contributed by atoms with Crippen molar-refractivity contribution >= 4 is 10.9 Å². The maximum absolute atomic E-state index is 5.06. The van der Waals surface area contributed by atoms with E-state index in [1.54, 1.807) is 6.20 Å². The van der Waals surface area contributed by atoms with Crippen LogP contribution in [-0.4, -0.2) is 11.6 Å². The van der Waals surface area contributed by atoms with Crippen molar-refractivity contribution in [3.8, 4) is 0 Å². The summed E-state index contributed by atoms with van der Waals surface area (Å²) in [6, 6.07) is 10.2. The van der Waals surface area contributed by atoms with Crippen LogP contribution in [0, 0.1) is 0 Å². The van der Waals surface area contributed by atoms with Crippen molar-refractivity contribution in [1.29, 1.82) is 0 Å². The van der Waals surface area contributed by atoms with Crippen LogP contribution in [0.1, 0.15) is 18.4 Å². The Hall–Kier alpha value is -1.45. The maximum Gasteiger partial charge on any atom is 0.0745 e. The molecule has 1 aromatic carbocycles. The minimum atomic E-state index is 0.293. The van der Waals surface area contributed by atoms with Crippen molar-refractivity contribution in [2.45, 2.75) is 12.8 Å². The first-order valence-corrected chi connectivity index (χ1v) is 4.97. The zero-order chi connectivity index (χ0) is 10.7. The smallest absolute Gasteiger partial charge is 0.0745 e. The van der Waals surface area contributed by atoms with Gasteiger partial charge in [-0.15, -0.1) is 0 Å². The molecule has 0 amide bonds. The summed E-state index contributed by atoms with van der Waals surface area (Å²) in [5, 5.41) is 1.15. The van der Waals surface area contributed by atoms with Crippen molar-refractivity contribution in [2.75, 3.05) is 6.61 Å². The molecule has 2 aromatic rings. The number of nitrogens with zero attached hydrogens (tertiary/aromatic N) is 1. The van der Waals surface area contributed by atoms with Crippen LogP contribution in [0.25, 0.3) is 10.9 Å². The zero-order valence-electron chi connectivity index (χ0n) is 8.68. The molecule has 1 aromatic heterocycles. The van der Waals surface area contributed by atoms with Gasteiger partial charge < -0.3 is 4.84 Å². The molecule has 2 N–H and O–H groups in total. The molecular weight excluding hydrogens is 188 g/mol. The molecule has 1 heterocycles. The van der Waals surface area contributed by atoms with Crippen molar-refractivity contribution in [3.05, 3.63) is 42.1 Å². The van der Waals surface area contributed by atoms with Crippen LogP contribution in [-0.2, 0) is 4.84 Å². The van der Waals surface area contributed by atoms with Crippen LogP contribution >= 0.6 is 0 Å². The Morgan fingerprint density at radius 1 is 1.40 bits per heavy atom. The van der Waals surface area contributed by atoms with Gasteiger partial charge in [-0.25, -0.2) is 5.90 Å². The van der Waals surface area contributed by atoms with Gasteiger partial charge in [-0.05, 0) is 17.7 Å². The molecule has 0 spiro atoms. The van der Waals surface area contributed by atoms with Crippen LogP contribution < -0.4 is 5.90 Å². The average molecular weight is 202 g/mol. The lowest BCUT2D eigenvalue weighted by Crippen LogP contribution is -2.08. The highest BCUT2D eigenvalue weighted by Gasteiger charge is 2.05. The quantitative estimate of drug-likeness (QED) is 0.776. The molecule has 0 bridgehead atoms. The average Bonchev–Trinajstić information content (AvgIpc) is 2.29. The summed E-state index contributed by atoms with van der Waals surface area (Å²) >= 11 is 0. The molecule has 3 heteroatoms. The minimum absolute atomic E-state index is 0.293. The molecule has 15 heavy (non-hydrogen) atoms. The van der Waals surface area contributed by atoms with E-state index in [9.17, 15) is 0 Å². The molecule has 1 unspecified atom stereocenters. The van der Waals surface area contributed by atoms with Crippen molar-refractivity contribution in [1.82, 2.24) is 4.98 Å². The fraction of sp³-hybridized carbons (Fsp3) is 0.250. The van der Waals surface area contributed by atoms with Gasteiger partial charge in [-0.3, -0.25) is 4.98 Å². The highest BCUT2D eigenvalue weighted by atomic mass is 16.6. The van der Waals surface area contributed by atoms with Crippen LogP contribution in [0.4, 0.5) is 0 Å². The van der Waals surface area contributed by atoms with Gasteiger partial charge in [0.15, 0.2) is 0 Å². The summed E-state index contributed by atoms with van der Waals surface area (Å²) in [6.45, 7) is 2.61. The van der Waals surface area contributed by atoms with E-state index >= 15 is 0 Å². The van der Waals surface area contributed by atoms with E-state index in [4.69, 9.17) is 5.90 Å². The number of hydrogen-bond donors (Lipinski definition) is 1. The van der Waals surface area contributed by atoms with Gasteiger partial charge in [0.25, 0.3) is 0 Å². The van der Waals surface area contributed by atoms with Crippen molar-refractivity contribution in [3.63, 3.8) is 0 Å². The summed E-state index contributed by atoms with van der Waals surface area (Å²) in [7, 11) is 0. The predicted molar refractivity (Wildman–Crippen MR) is 60.3 cm³/mol. The third kappa shape index (κ3) is 2.14. The van der Waals surface area contributed by atoms with E-state index in [0.29, 0.717) is 12.5 Å². The molecular formula is C12H14N2O. The largest absolute Gasteiger partial charge is 0.304 e. The lowest BCUT2D eigenvalue weighted by molar-refractivity contribution is 0.126. The van der Waals surface area contributed by atoms with E-state index < -0.39 is 0 Å². The molecule has 0 saturated heterocycles. The summed E-state index contributed by atoms with van der Waals surface area (Å²) in [5.41, 5.74) is 2.21. The number of rotatable bonds is 3. The number of fused-ring (bicyclic) bond motifs is 1. The first-order chi connectivity index (χ1) is 7.31. The SMILES string of the molecule is CC(CON)c1ccc2cccnc2c1. The van der Waals surface area contributed by atoms with E-state index in [2.05, 4.69) is 41.0 Å². The highest BCUT2D eigenvalue weighted by Crippen LogP contribution is 2.19. The first kappa shape index (κ1) is 10.1. The number of hydrogen-bond acceptors (Lipinski definition) is 3. The third-order valence-electron chi connectivity index (χ3n) is 2.55. The zero-order valence-corrected chi connectivity index (χ0v) is 8.68. The second-order valence-electron chi connectivity index (χ2n) is 3.69. The van der Waals surface area contributed by atoms with Crippen molar-refractivity contribution in [2.24, 2.45) is 5.90 Å². The lowest BCUT2D eigenvalue weighted by atomic mass is 10.0. The fourth-order valence-electron chi connectivity index (χ4n) is 1.63. The molecule has 0 aliphatic heterocycles. The van der Waals surface area contributed by atoms with Gasteiger partial charge in [0.05, 0.1) is 12.1 Å². The van der Waals surface area contributed by atoms with E-state index in [0.717, 1.165) is 10.9 Å². The van der Waals surface area contributed by atoms with E-state index in [-0.39, 0.29) is 0 Å². The van der Waals surface area contributed by atoms with Gasteiger partial charge >= 0.3 is 0 Å². The van der Waals surface area contributed by atoms with Crippen LogP contribution in [0.2, 0.25) is 0 Å². The maximum atomic E-state index is 5.06. The lowest BCUT2D eigenvalue weighted by Gasteiger charge is -2.10. The second kappa shape index (κ2) is 4.38. The highest BCUT2D eigenvalue weighted by molar-refractivity contribution is 5.78. The minimum Gasteiger partial charge on any atom is -0.304 e. The molecule has 2 rings (SSSR count). The number of pyridine rings is 1. The van der Waals surface area contributed by atoms with Gasteiger partial charge in [0, 0.05) is 17.5 Å². The molecule has 0 radical (unpaired) electrons. The van der Waals surface area contributed by atoms with Gasteiger partial charge in [-0.2, -0.15) is 0 Å². The Morgan fingerprint density at radius 2 is 2.27 bits per heavy atom. The monoisotopic (exact) mass is 202 g/mol. The molecule has 3 nitrogen and oxygen atoms in total. The van der Waals surface area contributed by atoms with Gasteiger partial charge in [0.2, 0.25) is 0 Å². The van der Waals surface area contributed by atoms with E-state index in [1.165, 1.54) is 5.56 Å².